The summed E-state index contributed by atoms with van der Waals surface area (Å²) in [4.78, 5) is 4.28. The van der Waals surface area contributed by atoms with Crippen LogP contribution in [-0.4, -0.2) is 23.2 Å². The van der Waals surface area contributed by atoms with Crippen LogP contribution < -0.4 is 5.32 Å². The molecule has 90 valence electrons. The van der Waals surface area contributed by atoms with Gasteiger partial charge in [0.2, 0.25) is 0 Å². The summed E-state index contributed by atoms with van der Waals surface area (Å²) in [6, 6.07) is 4.01. The molecule has 0 saturated heterocycles. The number of nitrogens with one attached hydrogen (secondary N) is 1. The first-order valence-electron chi connectivity index (χ1n) is 5.64. The van der Waals surface area contributed by atoms with Crippen molar-refractivity contribution < 1.29 is 5.11 Å². The zero-order valence-corrected chi connectivity index (χ0v) is 11.2. The first-order valence-corrected chi connectivity index (χ1v) is 6.43. The van der Waals surface area contributed by atoms with Crippen LogP contribution in [0.4, 0.5) is 0 Å². The van der Waals surface area contributed by atoms with Crippen LogP contribution in [0.15, 0.2) is 22.8 Å². The Labute approximate surface area is 105 Å². The second kappa shape index (κ2) is 7.76. The topological polar surface area (TPSA) is 45.1 Å². The lowest BCUT2D eigenvalue weighted by atomic mass is 10.1. The molecule has 0 radical (unpaired) electrons. The first-order chi connectivity index (χ1) is 7.72. The van der Waals surface area contributed by atoms with Gasteiger partial charge in [-0.25, -0.2) is 0 Å². The van der Waals surface area contributed by atoms with E-state index in [0.29, 0.717) is 5.92 Å². The third kappa shape index (κ3) is 5.58. The van der Waals surface area contributed by atoms with Crippen molar-refractivity contribution in [2.24, 2.45) is 5.92 Å². The van der Waals surface area contributed by atoms with Gasteiger partial charge >= 0.3 is 0 Å². The second-order valence-corrected chi connectivity index (χ2v) is 4.99. The Bertz CT molecular complexity index is 290. The number of hydrogen-bond acceptors (Lipinski definition) is 3. The summed E-state index contributed by atoms with van der Waals surface area (Å²) >= 11 is 3.36. The van der Waals surface area contributed by atoms with Crippen LogP contribution in [-0.2, 0) is 6.54 Å². The minimum absolute atomic E-state index is 0.286. The van der Waals surface area contributed by atoms with Gasteiger partial charge in [0.15, 0.2) is 0 Å². The fourth-order valence-corrected chi connectivity index (χ4v) is 1.63. The molecule has 0 bridgehead atoms. The molecule has 0 aliphatic rings. The summed E-state index contributed by atoms with van der Waals surface area (Å²) in [7, 11) is 0. The number of halogens is 1. The average Bonchev–Trinajstić information content (AvgIpc) is 2.31. The Hall–Kier alpha value is -0.450. The highest BCUT2D eigenvalue weighted by Gasteiger charge is 1.99. The predicted octanol–water partition coefficient (Wildman–Crippen LogP) is 2.34. The first kappa shape index (κ1) is 13.6. The van der Waals surface area contributed by atoms with Gasteiger partial charge in [0.05, 0.1) is 5.69 Å². The fraction of sp³-hybridized carbons (Fsp3) is 0.583. The molecule has 1 aromatic heterocycles. The Morgan fingerprint density at radius 2 is 2.31 bits per heavy atom. The molecular weight excluding hydrogens is 268 g/mol. The van der Waals surface area contributed by atoms with E-state index in [4.69, 9.17) is 5.11 Å². The molecule has 1 heterocycles. The zero-order valence-electron chi connectivity index (χ0n) is 9.62. The van der Waals surface area contributed by atoms with E-state index in [2.05, 4.69) is 33.2 Å². The molecule has 0 aliphatic heterocycles. The summed E-state index contributed by atoms with van der Waals surface area (Å²) in [6.07, 6.45) is 3.97. The van der Waals surface area contributed by atoms with E-state index >= 15 is 0 Å². The van der Waals surface area contributed by atoms with Crippen LogP contribution in [0.25, 0.3) is 0 Å². The normalized spacial score (nSPS) is 12.7. The van der Waals surface area contributed by atoms with Gasteiger partial charge in [0, 0.05) is 23.8 Å². The quantitative estimate of drug-likeness (QED) is 0.757. The highest BCUT2D eigenvalue weighted by molar-refractivity contribution is 9.10. The zero-order chi connectivity index (χ0) is 11.8. The van der Waals surface area contributed by atoms with Crippen molar-refractivity contribution in [3.05, 3.63) is 28.5 Å². The van der Waals surface area contributed by atoms with E-state index in [0.717, 1.165) is 36.1 Å². The molecule has 0 fully saturated rings. The van der Waals surface area contributed by atoms with Crippen LogP contribution in [0.5, 0.6) is 0 Å². The Morgan fingerprint density at radius 1 is 1.50 bits per heavy atom. The third-order valence-electron chi connectivity index (χ3n) is 2.46. The molecule has 2 N–H and O–H groups in total. The van der Waals surface area contributed by atoms with Gasteiger partial charge in [-0.2, -0.15) is 0 Å². The predicted molar refractivity (Wildman–Crippen MR) is 69.1 cm³/mol. The third-order valence-corrected chi connectivity index (χ3v) is 2.93. The summed E-state index contributed by atoms with van der Waals surface area (Å²) in [5, 5.41) is 12.2. The molecule has 0 saturated carbocycles. The number of nitrogens with zero attached hydrogens (tertiary/aromatic N) is 1. The summed E-state index contributed by atoms with van der Waals surface area (Å²) in [5.74, 6) is 0.410. The number of hydrogen-bond donors (Lipinski definition) is 2. The fourth-order valence-electron chi connectivity index (χ4n) is 1.39. The van der Waals surface area contributed by atoms with E-state index in [9.17, 15) is 0 Å². The Morgan fingerprint density at radius 3 is 2.94 bits per heavy atom. The van der Waals surface area contributed by atoms with Crippen molar-refractivity contribution in [3.8, 4) is 0 Å². The maximum atomic E-state index is 8.86. The van der Waals surface area contributed by atoms with E-state index in [1.165, 1.54) is 0 Å². The highest BCUT2D eigenvalue weighted by Crippen LogP contribution is 2.07. The van der Waals surface area contributed by atoms with Crippen molar-refractivity contribution in [2.45, 2.75) is 26.3 Å². The van der Waals surface area contributed by atoms with Gasteiger partial charge in [0.25, 0.3) is 0 Å². The van der Waals surface area contributed by atoms with Crippen LogP contribution in [0.2, 0.25) is 0 Å². The van der Waals surface area contributed by atoms with Crippen molar-refractivity contribution >= 4 is 15.9 Å². The molecule has 0 amide bonds. The largest absolute Gasteiger partial charge is 0.396 e. The minimum atomic E-state index is 0.286. The van der Waals surface area contributed by atoms with E-state index < -0.39 is 0 Å². The number of aliphatic hydroxyl groups is 1. The molecule has 4 heteroatoms. The van der Waals surface area contributed by atoms with Crippen molar-refractivity contribution in [1.82, 2.24) is 10.3 Å². The van der Waals surface area contributed by atoms with Crippen LogP contribution >= 0.6 is 15.9 Å². The van der Waals surface area contributed by atoms with Gasteiger partial charge in [-0.3, -0.25) is 4.98 Å². The van der Waals surface area contributed by atoms with Crippen molar-refractivity contribution in [1.29, 1.82) is 0 Å². The maximum absolute atomic E-state index is 8.86. The molecule has 0 aliphatic carbocycles. The van der Waals surface area contributed by atoms with Gasteiger partial charge in [-0.1, -0.05) is 6.92 Å². The molecular formula is C12H19BrN2O. The van der Waals surface area contributed by atoms with Gasteiger partial charge in [-0.05, 0) is 53.4 Å². The highest BCUT2D eigenvalue weighted by atomic mass is 79.9. The molecule has 3 nitrogen and oxygen atoms in total. The number of aromatic nitrogens is 1. The lowest BCUT2D eigenvalue weighted by molar-refractivity contribution is 0.228. The standard InChI is InChI=1S/C12H19BrN2O/c1-10(9-16)3-2-6-14-8-12-5-4-11(13)7-15-12/h4-5,7,10,14,16H,2-3,6,8-9H2,1H3. The Balaban J connectivity index is 2.09. The summed E-state index contributed by atoms with van der Waals surface area (Å²) < 4.78 is 1.01. The van der Waals surface area contributed by atoms with Crippen LogP contribution in [0, 0.1) is 5.92 Å². The van der Waals surface area contributed by atoms with E-state index in [1.807, 2.05) is 18.3 Å². The van der Waals surface area contributed by atoms with Gasteiger partial charge < -0.3 is 10.4 Å². The van der Waals surface area contributed by atoms with Crippen LogP contribution in [0.1, 0.15) is 25.5 Å². The van der Waals surface area contributed by atoms with Crippen molar-refractivity contribution in [2.75, 3.05) is 13.2 Å². The van der Waals surface area contributed by atoms with E-state index in [1.54, 1.807) is 0 Å². The minimum Gasteiger partial charge on any atom is -0.396 e. The molecule has 1 unspecified atom stereocenters. The Kier molecular flexibility index (Phi) is 6.61. The maximum Gasteiger partial charge on any atom is 0.0542 e. The smallest absolute Gasteiger partial charge is 0.0542 e. The molecule has 1 atom stereocenters. The lowest BCUT2D eigenvalue weighted by Gasteiger charge is -2.08. The second-order valence-electron chi connectivity index (χ2n) is 4.07. The molecule has 0 aromatic carbocycles. The van der Waals surface area contributed by atoms with Gasteiger partial charge in [-0.15, -0.1) is 0 Å². The molecule has 1 rings (SSSR count). The SMILES string of the molecule is CC(CO)CCCNCc1ccc(Br)cn1. The average molecular weight is 287 g/mol. The molecule has 0 spiro atoms. The van der Waals surface area contributed by atoms with E-state index in [-0.39, 0.29) is 6.61 Å². The number of aliphatic hydroxyl groups excluding tert-OH is 1. The summed E-state index contributed by atoms with van der Waals surface area (Å²) in [5.41, 5.74) is 1.05. The molecule has 16 heavy (non-hydrogen) atoms. The monoisotopic (exact) mass is 286 g/mol. The summed E-state index contributed by atoms with van der Waals surface area (Å²) in [6.45, 7) is 4.13. The van der Waals surface area contributed by atoms with Crippen molar-refractivity contribution in [3.63, 3.8) is 0 Å². The van der Waals surface area contributed by atoms with Crippen LogP contribution in [0.3, 0.4) is 0 Å². The number of rotatable bonds is 7. The van der Waals surface area contributed by atoms with Gasteiger partial charge in [0.1, 0.15) is 0 Å². The number of pyridine rings is 1. The molecule has 1 aromatic rings. The lowest BCUT2D eigenvalue weighted by Crippen LogP contribution is -2.16.